The van der Waals surface area contributed by atoms with E-state index in [0.717, 1.165) is 0 Å². The summed E-state index contributed by atoms with van der Waals surface area (Å²) in [6.45, 7) is 3.21. The van der Waals surface area contributed by atoms with Crippen LogP contribution in [0.4, 0.5) is 0 Å². The molecule has 0 saturated heterocycles. The Morgan fingerprint density at radius 1 is 1.80 bits per heavy atom. The molecule has 0 rings (SSSR count). The van der Waals surface area contributed by atoms with Crippen molar-refractivity contribution in [1.82, 2.24) is 0 Å². The van der Waals surface area contributed by atoms with Gasteiger partial charge in [0.25, 0.3) is 0 Å². The topological polar surface area (TPSA) is 46.5 Å². The SMILES string of the molecule is CC(=O)OC/C=C/C(C)O. The molecule has 0 radical (unpaired) electrons. The van der Waals surface area contributed by atoms with Crippen molar-refractivity contribution in [1.29, 1.82) is 0 Å². The van der Waals surface area contributed by atoms with Gasteiger partial charge in [-0.25, -0.2) is 0 Å². The maximum absolute atomic E-state index is 10.2. The number of rotatable bonds is 3. The number of carbonyl (C=O) groups excluding carboxylic acids is 1. The van der Waals surface area contributed by atoms with Gasteiger partial charge in [0.15, 0.2) is 0 Å². The summed E-state index contributed by atoms with van der Waals surface area (Å²) in [7, 11) is 0. The molecule has 0 fully saturated rings. The van der Waals surface area contributed by atoms with Crippen molar-refractivity contribution in [2.75, 3.05) is 6.61 Å². The smallest absolute Gasteiger partial charge is 0.302 e. The minimum absolute atomic E-state index is 0.236. The normalized spacial score (nSPS) is 13.5. The molecular weight excluding hydrogens is 132 g/mol. The minimum atomic E-state index is -0.476. The van der Waals surface area contributed by atoms with E-state index in [9.17, 15) is 4.79 Å². The van der Waals surface area contributed by atoms with Crippen LogP contribution in [0.3, 0.4) is 0 Å². The van der Waals surface area contributed by atoms with E-state index >= 15 is 0 Å². The Morgan fingerprint density at radius 3 is 2.80 bits per heavy atom. The van der Waals surface area contributed by atoms with Crippen LogP contribution in [0.15, 0.2) is 12.2 Å². The second-order valence-corrected chi connectivity index (χ2v) is 1.97. The zero-order chi connectivity index (χ0) is 7.98. The maximum Gasteiger partial charge on any atom is 0.302 e. The third-order valence-corrected chi connectivity index (χ3v) is 0.797. The van der Waals surface area contributed by atoms with E-state index in [1.165, 1.54) is 6.92 Å². The number of hydrogen-bond donors (Lipinski definition) is 1. The van der Waals surface area contributed by atoms with Crippen molar-refractivity contribution in [2.24, 2.45) is 0 Å². The summed E-state index contributed by atoms with van der Waals surface area (Å²) in [4.78, 5) is 10.2. The first-order valence-corrected chi connectivity index (χ1v) is 3.11. The molecule has 0 saturated carbocycles. The average Bonchev–Trinajstić information content (AvgIpc) is 1.79. The van der Waals surface area contributed by atoms with Crippen molar-refractivity contribution < 1.29 is 14.6 Å². The van der Waals surface area contributed by atoms with Gasteiger partial charge in [-0.05, 0) is 13.0 Å². The third kappa shape index (κ3) is 7.17. The van der Waals surface area contributed by atoms with E-state index in [1.54, 1.807) is 19.1 Å². The average molecular weight is 144 g/mol. The van der Waals surface area contributed by atoms with Crippen molar-refractivity contribution in [3.05, 3.63) is 12.2 Å². The van der Waals surface area contributed by atoms with Crippen LogP contribution in [0, 0.1) is 0 Å². The lowest BCUT2D eigenvalue weighted by Gasteiger charge is -1.95. The lowest BCUT2D eigenvalue weighted by Crippen LogP contribution is -1.99. The summed E-state index contributed by atoms with van der Waals surface area (Å²) in [5.41, 5.74) is 0. The van der Waals surface area contributed by atoms with Gasteiger partial charge in [-0.1, -0.05) is 6.08 Å². The highest BCUT2D eigenvalue weighted by Gasteiger charge is 1.88. The second-order valence-electron chi connectivity index (χ2n) is 1.97. The number of ether oxygens (including phenoxy) is 1. The Morgan fingerprint density at radius 2 is 2.40 bits per heavy atom. The van der Waals surface area contributed by atoms with Crippen LogP contribution in [-0.2, 0) is 9.53 Å². The quantitative estimate of drug-likeness (QED) is 0.463. The maximum atomic E-state index is 10.2. The Balaban J connectivity index is 3.27. The van der Waals surface area contributed by atoms with Crippen LogP contribution in [0.1, 0.15) is 13.8 Å². The molecule has 1 N–H and O–H groups in total. The monoisotopic (exact) mass is 144 g/mol. The lowest BCUT2D eigenvalue weighted by molar-refractivity contribution is -0.139. The molecule has 0 heterocycles. The zero-order valence-electron chi connectivity index (χ0n) is 6.20. The molecule has 3 heteroatoms. The predicted octanol–water partition coefficient (Wildman–Crippen LogP) is 0.486. The van der Waals surface area contributed by atoms with Crippen LogP contribution in [0.2, 0.25) is 0 Å². The van der Waals surface area contributed by atoms with Crippen molar-refractivity contribution in [2.45, 2.75) is 20.0 Å². The molecule has 1 unspecified atom stereocenters. The molecule has 1 atom stereocenters. The van der Waals surface area contributed by atoms with E-state index in [2.05, 4.69) is 4.74 Å². The summed E-state index contributed by atoms with van der Waals surface area (Å²) >= 11 is 0. The van der Waals surface area contributed by atoms with E-state index in [1.807, 2.05) is 0 Å². The number of aliphatic hydroxyl groups excluding tert-OH is 1. The highest BCUT2D eigenvalue weighted by atomic mass is 16.5. The molecule has 0 aromatic rings. The molecule has 10 heavy (non-hydrogen) atoms. The van der Waals surface area contributed by atoms with Gasteiger partial charge in [-0.2, -0.15) is 0 Å². The second kappa shape index (κ2) is 4.99. The summed E-state index contributed by atoms with van der Waals surface area (Å²) in [6, 6.07) is 0. The van der Waals surface area contributed by atoms with Gasteiger partial charge in [0, 0.05) is 6.92 Å². The first-order chi connectivity index (χ1) is 4.63. The fourth-order valence-electron chi connectivity index (χ4n) is 0.418. The largest absolute Gasteiger partial charge is 0.462 e. The standard InChI is InChI=1S/C7H12O3/c1-6(8)4-3-5-10-7(2)9/h3-4,6,8H,5H2,1-2H3/b4-3+. The molecular formula is C7H12O3. The fourth-order valence-corrected chi connectivity index (χ4v) is 0.418. The van der Waals surface area contributed by atoms with E-state index < -0.39 is 6.10 Å². The predicted molar refractivity (Wildman–Crippen MR) is 37.5 cm³/mol. The Kier molecular flexibility index (Phi) is 4.58. The van der Waals surface area contributed by atoms with Crippen molar-refractivity contribution in [3.8, 4) is 0 Å². The van der Waals surface area contributed by atoms with E-state index in [-0.39, 0.29) is 12.6 Å². The Labute approximate surface area is 60.3 Å². The molecule has 0 amide bonds. The van der Waals surface area contributed by atoms with Gasteiger partial charge >= 0.3 is 5.97 Å². The van der Waals surface area contributed by atoms with Crippen LogP contribution in [0.5, 0.6) is 0 Å². The number of esters is 1. The van der Waals surface area contributed by atoms with Crippen molar-refractivity contribution >= 4 is 5.97 Å². The van der Waals surface area contributed by atoms with Gasteiger partial charge < -0.3 is 9.84 Å². The molecule has 3 nitrogen and oxygen atoms in total. The molecule has 58 valence electrons. The first kappa shape index (κ1) is 9.17. The zero-order valence-corrected chi connectivity index (χ0v) is 6.20. The third-order valence-electron chi connectivity index (χ3n) is 0.797. The molecule has 0 aromatic heterocycles. The lowest BCUT2D eigenvalue weighted by atomic mass is 10.4. The minimum Gasteiger partial charge on any atom is -0.462 e. The molecule has 0 aliphatic carbocycles. The number of carbonyl (C=O) groups is 1. The van der Waals surface area contributed by atoms with Crippen LogP contribution in [-0.4, -0.2) is 23.8 Å². The van der Waals surface area contributed by atoms with Crippen LogP contribution in [0.25, 0.3) is 0 Å². The Bertz CT molecular complexity index is 127. The van der Waals surface area contributed by atoms with Gasteiger partial charge in [-0.15, -0.1) is 0 Å². The van der Waals surface area contributed by atoms with E-state index in [0.29, 0.717) is 0 Å². The first-order valence-electron chi connectivity index (χ1n) is 3.11. The van der Waals surface area contributed by atoms with Gasteiger partial charge in [0.05, 0.1) is 6.10 Å². The van der Waals surface area contributed by atoms with Gasteiger partial charge in [-0.3, -0.25) is 4.79 Å². The summed E-state index contributed by atoms with van der Waals surface area (Å²) in [5, 5.41) is 8.69. The number of hydrogen-bond acceptors (Lipinski definition) is 3. The van der Waals surface area contributed by atoms with Crippen LogP contribution < -0.4 is 0 Å². The summed E-state index contributed by atoms with van der Waals surface area (Å²) in [6.07, 6.45) is 2.69. The molecule has 0 bridgehead atoms. The highest BCUT2D eigenvalue weighted by Crippen LogP contribution is 1.83. The van der Waals surface area contributed by atoms with Crippen LogP contribution >= 0.6 is 0 Å². The number of aliphatic hydroxyl groups is 1. The fraction of sp³-hybridized carbons (Fsp3) is 0.571. The molecule has 0 aliphatic rings. The molecule has 0 aromatic carbocycles. The van der Waals surface area contributed by atoms with Crippen molar-refractivity contribution in [3.63, 3.8) is 0 Å². The van der Waals surface area contributed by atoms with Gasteiger partial charge in [0.1, 0.15) is 6.61 Å². The van der Waals surface area contributed by atoms with E-state index in [4.69, 9.17) is 5.11 Å². The molecule has 0 spiro atoms. The Hall–Kier alpha value is -0.830. The summed E-state index contributed by atoms with van der Waals surface area (Å²) in [5.74, 6) is -0.310. The highest BCUT2D eigenvalue weighted by molar-refractivity contribution is 5.65. The molecule has 0 aliphatic heterocycles. The summed E-state index contributed by atoms with van der Waals surface area (Å²) < 4.78 is 4.56. The van der Waals surface area contributed by atoms with Gasteiger partial charge in [0.2, 0.25) is 0 Å².